The van der Waals surface area contributed by atoms with Crippen LogP contribution in [0.15, 0.2) is 54.6 Å². The number of nitrogens with zero attached hydrogens (tertiary/aromatic N) is 5. The van der Waals surface area contributed by atoms with Crippen LogP contribution in [0.1, 0.15) is 16.8 Å². The molecule has 3 aromatic rings. The Labute approximate surface area is 171 Å². The van der Waals surface area contributed by atoms with Gasteiger partial charge in [0.05, 0.1) is 11.6 Å². The van der Waals surface area contributed by atoms with Crippen molar-refractivity contribution in [3.63, 3.8) is 0 Å². The number of rotatable bonds is 4. The van der Waals surface area contributed by atoms with Gasteiger partial charge in [-0.25, -0.2) is 4.98 Å². The van der Waals surface area contributed by atoms with E-state index in [4.69, 9.17) is 10.2 Å². The van der Waals surface area contributed by atoms with E-state index in [1.807, 2.05) is 31.2 Å². The zero-order valence-electron chi connectivity index (χ0n) is 16.8. The van der Waals surface area contributed by atoms with Gasteiger partial charge < -0.3 is 15.1 Å². The molecule has 0 unspecified atom stereocenters. The van der Waals surface area contributed by atoms with Crippen LogP contribution in [0.3, 0.4) is 0 Å². The minimum atomic E-state index is 0.619. The molecule has 0 saturated carbocycles. The monoisotopic (exact) mass is 384 g/mol. The smallest absolute Gasteiger partial charge is 0.227 e. The van der Waals surface area contributed by atoms with Gasteiger partial charge in [-0.2, -0.15) is 10.2 Å². The summed E-state index contributed by atoms with van der Waals surface area (Å²) in [5, 5.41) is 12.4. The van der Waals surface area contributed by atoms with Gasteiger partial charge in [0.15, 0.2) is 0 Å². The van der Waals surface area contributed by atoms with Crippen LogP contribution >= 0.6 is 0 Å². The molecule has 2 heterocycles. The molecular formula is C23H24N6. The molecular weight excluding hydrogens is 360 g/mol. The molecule has 0 atom stereocenters. The maximum atomic E-state index is 9.09. The van der Waals surface area contributed by atoms with Crippen LogP contribution in [-0.4, -0.2) is 36.1 Å². The number of piperazine rings is 1. The summed E-state index contributed by atoms with van der Waals surface area (Å²) in [4.78, 5) is 14.0. The molecule has 1 aliphatic heterocycles. The average molecular weight is 384 g/mol. The lowest BCUT2D eigenvalue weighted by Gasteiger charge is -2.36. The van der Waals surface area contributed by atoms with Crippen LogP contribution in [0.25, 0.3) is 0 Å². The largest absolute Gasteiger partial charge is 0.368 e. The number of nitrogens with one attached hydrogen (secondary N) is 1. The minimum absolute atomic E-state index is 0.619. The summed E-state index contributed by atoms with van der Waals surface area (Å²) < 4.78 is 0. The zero-order valence-corrected chi connectivity index (χ0v) is 16.8. The van der Waals surface area contributed by atoms with Crippen molar-refractivity contribution >= 4 is 23.1 Å². The zero-order chi connectivity index (χ0) is 20.2. The fourth-order valence-electron chi connectivity index (χ4n) is 3.56. The molecule has 0 amide bonds. The number of nitriles is 1. The van der Waals surface area contributed by atoms with E-state index in [1.165, 1.54) is 11.3 Å². The molecule has 1 N–H and O–H groups in total. The van der Waals surface area contributed by atoms with Crippen molar-refractivity contribution in [2.75, 3.05) is 41.3 Å². The first-order valence-corrected chi connectivity index (χ1v) is 9.80. The number of aryl methyl sites for hydroxylation is 2. The summed E-state index contributed by atoms with van der Waals surface area (Å²) in [6.07, 6.45) is 0. The fourth-order valence-corrected chi connectivity index (χ4v) is 3.56. The molecule has 1 aromatic heterocycles. The Balaban J connectivity index is 1.47. The van der Waals surface area contributed by atoms with Crippen molar-refractivity contribution in [3.05, 3.63) is 71.4 Å². The Bertz CT molecular complexity index is 1050. The molecule has 0 aliphatic carbocycles. The molecule has 4 rings (SSSR count). The molecule has 2 aromatic carbocycles. The van der Waals surface area contributed by atoms with Crippen molar-refractivity contribution < 1.29 is 0 Å². The molecule has 0 bridgehead atoms. The molecule has 146 valence electrons. The lowest BCUT2D eigenvalue weighted by atomic mass is 10.2. The average Bonchev–Trinajstić information content (AvgIpc) is 2.73. The highest BCUT2D eigenvalue weighted by atomic mass is 15.3. The second kappa shape index (κ2) is 8.19. The number of anilines is 4. The van der Waals surface area contributed by atoms with Crippen LogP contribution in [0.2, 0.25) is 0 Å². The number of hydrogen-bond donors (Lipinski definition) is 1. The Kier molecular flexibility index (Phi) is 5.30. The van der Waals surface area contributed by atoms with Crippen molar-refractivity contribution in [1.82, 2.24) is 9.97 Å². The second-order valence-corrected chi connectivity index (χ2v) is 7.33. The number of hydrogen-bond acceptors (Lipinski definition) is 6. The van der Waals surface area contributed by atoms with E-state index in [2.05, 4.69) is 57.4 Å². The van der Waals surface area contributed by atoms with Crippen molar-refractivity contribution in [2.24, 2.45) is 0 Å². The highest BCUT2D eigenvalue weighted by Gasteiger charge is 2.20. The highest BCUT2D eigenvalue weighted by molar-refractivity contribution is 5.60. The summed E-state index contributed by atoms with van der Waals surface area (Å²) in [6.45, 7) is 7.73. The van der Waals surface area contributed by atoms with Gasteiger partial charge in [-0.1, -0.05) is 18.2 Å². The maximum absolute atomic E-state index is 9.09. The summed E-state index contributed by atoms with van der Waals surface area (Å²) in [6, 6.07) is 20.1. The molecule has 1 saturated heterocycles. The molecule has 6 heteroatoms. The first-order chi connectivity index (χ1) is 14.1. The van der Waals surface area contributed by atoms with Crippen LogP contribution in [0.5, 0.6) is 0 Å². The number of aromatic nitrogens is 2. The topological polar surface area (TPSA) is 68.1 Å². The lowest BCUT2D eigenvalue weighted by molar-refractivity contribution is 0.639. The van der Waals surface area contributed by atoms with Gasteiger partial charge in [0.25, 0.3) is 0 Å². The predicted octanol–water partition coefficient (Wildman–Crippen LogP) is 4.04. The standard InChI is InChI=1S/C23H24N6/c1-17-5-3-8-21(13-17)28-9-11-29(12-10-28)23-25-18(2)14-22(27-23)26-20-7-4-6-19(15-20)16-24/h3-8,13-15H,9-12H2,1-2H3,(H,25,26,27). The van der Waals surface area contributed by atoms with Crippen LogP contribution in [0.4, 0.5) is 23.1 Å². The summed E-state index contributed by atoms with van der Waals surface area (Å²) >= 11 is 0. The first kappa shape index (κ1) is 18.8. The Hall–Kier alpha value is -3.59. The second-order valence-electron chi connectivity index (χ2n) is 7.33. The van der Waals surface area contributed by atoms with Gasteiger partial charge in [0, 0.05) is 49.3 Å². The lowest BCUT2D eigenvalue weighted by Crippen LogP contribution is -2.47. The Morgan fingerprint density at radius 1 is 0.897 bits per heavy atom. The predicted molar refractivity (Wildman–Crippen MR) is 117 cm³/mol. The van der Waals surface area contributed by atoms with E-state index in [1.54, 1.807) is 6.07 Å². The molecule has 0 spiro atoms. The van der Waals surface area contributed by atoms with Gasteiger partial charge in [-0.15, -0.1) is 0 Å². The van der Waals surface area contributed by atoms with E-state index in [0.29, 0.717) is 5.56 Å². The van der Waals surface area contributed by atoms with E-state index in [9.17, 15) is 0 Å². The Morgan fingerprint density at radius 2 is 1.66 bits per heavy atom. The van der Waals surface area contributed by atoms with Crippen LogP contribution < -0.4 is 15.1 Å². The van der Waals surface area contributed by atoms with E-state index >= 15 is 0 Å². The van der Waals surface area contributed by atoms with Gasteiger partial charge >= 0.3 is 0 Å². The van der Waals surface area contributed by atoms with Gasteiger partial charge in [-0.05, 0) is 49.7 Å². The van der Waals surface area contributed by atoms with Crippen molar-refractivity contribution in [1.29, 1.82) is 5.26 Å². The van der Waals surface area contributed by atoms with E-state index < -0.39 is 0 Å². The molecule has 6 nitrogen and oxygen atoms in total. The third-order valence-corrected chi connectivity index (χ3v) is 5.04. The Morgan fingerprint density at radius 3 is 2.41 bits per heavy atom. The first-order valence-electron chi connectivity index (χ1n) is 9.80. The summed E-state index contributed by atoms with van der Waals surface area (Å²) in [7, 11) is 0. The van der Waals surface area contributed by atoms with Crippen LogP contribution in [0, 0.1) is 25.2 Å². The van der Waals surface area contributed by atoms with Gasteiger partial charge in [0.2, 0.25) is 5.95 Å². The maximum Gasteiger partial charge on any atom is 0.227 e. The molecule has 1 aliphatic rings. The third kappa shape index (κ3) is 4.46. The minimum Gasteiger partial charge on any atom is -0.368 e. The van der Waals surface area contributed by atoms with Crippen molar-refractivity contribution in [2.45, 2.75) is 13.8 Å². The molecule has 0 radical (unpaired) electrons. The van der Waals surface area contributed by atoms with E-state index in [0.717, 1.165) is 49.3 Å². The van der Waals surface area contributed by atoms with Crippen molar-refractivity contribution in [3.8, 4) is 6.07 Å². The fraction of sp³-hybridized carbons (Fsp3) is 0.261. The summed E-state index contributed by atoms with van der Waals surface area (Å²) in [5.74, 6) is 1.48. The highest BCUT2D eigenvalue weighted by Crippen LogP contribution is 2.22. The van der Waals surface area contributed by atoms with Gasteiger partial charge in [-0.3, -0.25) is 0 Å². The van der Waals surface area contributed by atoms with Crippen LogP contribution in [-0.2, 0) is 0 Å². The molecule has 1 fully saturated rings. The third-order valence-electron chi connectivity index (χ3n) is 5.04. The summed E-state index contributed by atoms with van der Waals surface area (Å²) in [5.41, 5.74) is 4.93. The van der Waals surface area contributed by atoms with E-state index in [-0.39, 0.29) is 0 Å². The quantitative estimate of drug-likeness (QED) is 0.732. The molecule has 29 heavy (non-hydrogen) atoms. The number of benzene rings is 2. The van der Waals surface area contributed by atoms with Gasteiger partial charge in [0.1, 0.15) is 5.82 Å². The normalized spacial score (nSPS) is 13.8. The SMILES string of the molecule is Cc1cccc(N2CCN(c3nc(C)cc(Nc4cccc(C#N)c4)n3)CC2)c1.